The number of aliphatic hydroxyl groups is 2. The minimum atomic E-state index is -0.441. The van der Waals surface area contributed by atoms with Crippen LogP contribution in [0.2, 0.25) is 0 Å². The highest BCUT2D eigenvalue weighted by atomic mass is 16.5. The number of hydrogen-bond acceptors (Lipinski definition) is 5. The Kier molecular flexibility index (Phi) is 19.2. The molecule has 0 aromatic heterocycles. The van der Waals surface area contributed by atoms with Crippen molar-refractivity contribution in [2.24, 2.45) is 0 Å². The Morgan fingerprint density at radius 1 is 0.960 bits per heavy atom. The zero-order valence-corrected chi connectivity index (χ0v) is 16.3. The minimum Gasteiger partial charge on any atom is -0.466 e. The fourth-order valence-electron chi connectivity index (χ4n) is 2.73. The lowest BCUT2D eigenvalue weighted by atomic mass is 10.1. The van der Waals surface area contributed by atoms with Gasteiger partial charge in [-0.15, -0.1) is 0 Å². The third-order valence-corrected chi connectivity index (χ3v) is 4.32. The predicted molar refractivity (Wildman–Crippen MR) is 103 cm³/mol. The monoisotopic (exact) mass is 359 g/mol. The standard InChI is InChI=1S/C20H41NO4/c1-2-3-4-5-6-7-8-9-10-17-25-20(24)14-11-13-19(23)18-21-15-12-16-22/h19,21-23H,2-18H2,1H3. The number of rotatable bonds is 19. The first-order valence-corrected chi connectivity index (χ1v) is 10.4. The van der Waals surface area contributed by atoms with E-state index in [2.05, 4.69) is 12.2 Å². The van der Waals surface area contributed by atoms with Crippen molar-refractivity contribution in [1.29, 1.82) is 0 Å². The van der Waals surface area contributed by atoms with Crippen molar-refractivity contribution in [2.75, 3.05) is 26.3 Å². The van der Waals surface area contributed by atoms with Crippen molar-refractivity contribution >= 4 is 5.97 Å². The van der Waals surface area contributed by atoms with Gasteiger partial charge in [0.25, 0.3) is 0 Å². The summed E-state index contributed by atoms with van der Waals surface area (Å²) in [6.07, 6.45) is 13.2. The summed E-state index contributed by atoms with van der Waals surface area (Å²) >= 11 is 0. The lowest BCUT2D eigenvalue weighted by molar-refractivity contribution is -0.144. The Bertz CT molecular complexity index is 287. The number of hydrogen-bond donors (Lipinski definition) is 3. The molecule has 0 rings (SSSR count). The van der Waals surface area contributed by atoms with Gasteiger partial charge in [-0.2, -0.15) is 0 Å². The van der Waals surface area contributed by atoms with Crippen LogP contribution in [0.3, 0.4) is 0 Å². The number of carbonyl (C=O) groups excluding carboxylic acids is 1. The maximum absolute atomic E-state index is 11.6. The molecule has 25 heavy (non-hydrogen) atoms. The molecule has 0 aromatic rings. The van der Waals surface area contributed by atoms with E-state index >= 15 is 0 Å². The number of esters is 1. The molecule has 0 aliphatic rings. The third kappa shape index (κ3) is 19.5. The quantitative estimate of drug-likeness (QED) is 0.243. The molecular weight excluding hydrogens is 318 g/mol. The van der Waals surface area contributed by atoms with Crippen molar-refractivity contribution in [3.05, 3.63) is 0 Å². The molecule has 5 heteroatoms. The molecule has 5 nitrogen and oxygen atoms in total. The van der Waals surface area contributed by atoms with Gasteiger partial charge in [0, 0.05) is 19.6 Å². The number of aliphatic hydroxyl groups excluding tert-OH is 2. The molecule has 0 amide bonds. The van der Waals surface area contributed by atoms with Gasteiger partial charge in [0.15, 0.2) is 0 Å². The van der Waals surface area contributed by atoms with Crippen molar-refractivity contribution < 1.29 is 19.7 Å². The fraction of sp³-hybridized carbons (Fsp3) is 0.950. The van der Waals surface area contributed by atoms with Gasteiger partial charge in [-0.3, -0.25) is 4.79 Å². The molecule has 1 atom stereocenters. The SMILES string of the molecule is CCCCCCCCCCCOC(=O)CCCC(O)CNCCCO. The maximum atomic E-state index is 11.6. The Morgan fingerprint density at radius 3 is 2.24 bits per heavy atom. The molecule has 1 unspecified atom stereocenters. The van der Waals surface area contributed by atoms with Gasteiger partial charge < -0.3 is 20.3 Å². The van der Waals surface area contributed by atoms with Crippen LogP contribution >= 0.6 is 0 Å². The molecule has 0 spiro atoms. The number of carbonyl (C=O) groups is 1. The Labute approximate surface area is 154 Å². The lowest BCUT2D eigenvalue weighted by Gasteiger charge is -2.11. The summed E-state index contributed by atoms with van der Waals surface area (Å²) in [5.74, 6) is -0.153. The van der Waals surface area contributed by atoms with Crippen LogP contribution in [0.1, 0.15) is 90.4 Å². The fourth-order valence-corrected chi connectivity index (χ4v) is 2.73. The second-order valence-corrected chi connectivity index (χ2v) is 6.88. The van der Waals surface area contributed by atoms with Crippen LogP contribution in [0, 0.1) is 0 Å². The first-order chi connectivity index (χ1) is 12.2. The normalized spacial score (nSPS) is 12.3. The van der Waals surface area contributed by atoms with Gasteiger partial charge in [0.1, 0.15) is 0 Å². The molecule has 3 N–H and O–H groups in total. The van der Waals surface area contributed by atoms with Crippen LogP contribution < -0.4 is 5.32 Å². The van der Waals surface area contributed by atoms with Crippen LogP contribution in [-0.2, 0) is 9.53 Å². The Morgan fingerprint density at radius 2 is 1.60 bits per heavy atom. The summed E-state index contributed by atoms with van der Waals surface area (Å²) in [6.45, 7) is 4.14. The van der Waals surface area contributed by atoms with E-state index in [4.69, 9.17) is 9.84 Å². The molecule has 0 aliphatic carbocycles. The van der Waals surface area contributed by atoms with E-state index in [1.165, 1.54) is 44.9 Å². The van der Waals surface area contributed by atoms with E-state index < -0.39 is 6.10 Å². The summed E-state index contributed by atoms with van der Waals surface area (Å²) in [7, 11) is 0. The van der Waals surface area contributed by atoms with Crippen LogP contribution in [0.15, 0.2) is 0 Å². The number of unbranched alkanes of at least 4 members (excludes halogenated alkanes) is 8. The lowest BCUT2D eigenvalue weighted by Crippen LogP contribution is -2.28. The first kappa shape index (κ1) is 24.4. The van der Waals surface area contributed by atoms with Crippen molar-refractivity contribution in [3.63, 3.8) is 0 Å². The molecule has 0 radical (unpaired) electrons. The van der Waals surface area contributed by atoms with Gasteiger partial charge in [0.05, 0.1) is 12.7 Å². The highest BCUT2D eigenvalue weighted by Crippen LogP contribution is 2.10. The van der Waals surface area contributed by atoms with E-state index in [0.29, 0.717) is 45.4 Å². The second kappa shape index (κ2) is 19.7. The highest BCUT2D eigenvalue weighted by Gasteiger charge is 2.07. The van der Waals surface area contributed by atoms with Crippen LogP contribution in [-0.4, -0.2) is 48.6 Å². The molecule has 150 valence electrons. The van der Waals surface area contributed by atoms with E-state index in [0.717, 1.165) is 12.8 Å². The summed E-state index contributed by atoms with van der Waals surface area (Å²) in [4.78, 5) is 11.6. The maximum Gasteiger partial charge on any atom is 0.305 e. The second-order valence-electron chi connectivity index (χ2n) is 6.88. The molecule has 0 bridgehead atoms. The number of nitrogens with one attached hydrogen (secondary N) is 1. The summed E-state index contributed by atoms with van der Waals surface area (Å²) in [6, 6.07) is 0. The number of ether oxygens (including phenoxy) is 1. The average molecular weight is 360 g/mol. The van der Waals surface area contributed by atoms with Crippen molar-refractivity contribution in [1.82, 2.24) is 5.32 Å². The predicted octanol–water partition coefficient (Wildman–Crippen LogP) is 3.56. The topological polar surface area (TPSA) is 78.8 Å². The van der Waals surface area contributed by atoms with Crippen LogP contribution in [0.25, 0.3) is 0 Å². The first-order valence-electron chi connectivity index (χ1n) is 10.4. The Balaban J connectivity index is 3.27. The van der Waals surface area contributed by atoms with Crippen molar-refractivity contribution in [3.8, 4) is 0 Å². The average Bonchev–Trinajstić information content (AvgIpc) is 2.60. The van der Waals surface area contributed by atoms with Gasteiger partial charge in [-0.05, 0) is 32.2 Å². The van der Waals surface area contributed by atoms with Gasteiger partial charge >= 0.3 is 5.97 Å². The van der Waals surface area contributed by atoms with Crippen LogP contribution in [0.4, 0.5) is 0 Å². The zero-order valence-electron chi connectivity index (χ0n) is 16.3. The molecule has 0 aliphatic heterocycles. The zero-order chi connectivity index (χ0) is 18.6. The van der Waals surface area contributed by atoms with Gasteiger partial charge in [-0.1, -0.05) is 58.3 Å². The largest absolute Gasteiger partial charge is 0.466 e. The van der Waals surface area contributed by atoms with Gasteiger partial charge in [-0.25, -0.2) is 0 Å². The summed E-state index contributed by atoms with van der Waals surface area (Å²) in [5, 5.41) is 21.5. The minimum absolute atomic E-state index is 0.153. The molecule has 0 aromatic carbocycles. The molecule has 0 heterocycles. The van der Waals surface area contributed by atoms with Crippen molar-refractivity contribution in [2.45, 2.75) is 96.5 Å². The van der Waals surface area contributed by atoms with Gasteiger partial charge in [0.2, 0.25) is 0 Å². The molecular formula is C20H41NO4. The molecule has 0 fully saturated rings. The molecule has 0 saturated heterocycles. The van der Waals surface area contributed by atoms with E-state index in [9.17, 15) is 9.90 Å². The van der Waals surface area contributed by atoms with E-state index in [1.54, 1.807) is 0 Å². The third-order valence-electron chi connectivity index (χ3n) is 4.32. The van der Waals surface area contributed by atoms with Crippen LogP contribution in [0.5, 0.6) is 0 Å². The smallest absolute Gasteiger partial charge is 0.305 e. The molecule has 0 saturated carbocycles. The Hall–Kier alpha value is -0.650. The summed E-state index contributed by atoms with van der Waals surface area (Å²) < 4.78 is 5.23. The highest BCUT2D eigenvalue weighted by molar-refractivity contribution is 5.69. The summed E-state index contributed by atoms with van der Waals surface area (Å²) in [5.41, 5.74) is 0. The van der Waals surface area contributed by atoms with E-state index in [-0.39, 0.29) is 12.6 Å². The van der Waals surface area contributed by atoms with E-state index in [1.807, 2.05) is 0 Å².